The Bertz CT molecular complexity index is 120. The average molecular weight is 199 g/mol. The Morgan fingerprint density at radius 1 is 1.29 bits per heavy atom. The molecule has 14 heavy (non-hydrogen) atoms. The van der Waals surface area contributed by atoms with Gasteiger partial charge in [-0.2, -0.15) is 0 Å². The molecule has 0 aromatic rings. The number of rotatable bonds is 4. The number of hydrogen-bond acceptors (Lipinski definition) is 1. The fraction of sp³-hybridized carbons (Fsp3) is 1.00. The summed E-state index contributed by atoms with van der Waals surface area (Å²) in [6.07, 6.45) is 5.69. The first-order valence-electron chi connectivity index (χ1n) is 6.48. The van der Waals surface area contributed by atoms with E-state index < -0.39 is 0 Å². The van der Waals surface area contributed by atoms with Crippen molar-refractivity contribution in [2.45, 2.75) is 66.3 Å². The maximum atomic E-state index is 2.61. The smallest absolute Gasteiger partial charge is 0.00387 e. The largest absolute Gasteiger partial charge is 0.301 e. The van der Waals surface area contributed by atoms with Crippen LogP contribution in [0.25, 0.3) is 0 Å². The molecule has 1 aliphatic heterocycles. The van der Waals surface area contributed by atoms with Gasteiger partial charge >= 0.3 is 0 Å². The van der Waals surface area contributed by atoms with Crippen LogP contribution in [0.3, 0.4) is 0 Å². The molecule has 1 saturated heterocycles. The van der Waals surface area contributed by atoms with E-state index in [4.69, 9.17) is 0 Å². The minimum atomic E-state index is 0.761. The lowest BCUT2D eigenvalue weighted by Crippen LogP contribution is -2.28. The van der Waals surface area contributed by atoms with Gasteiger partial charge in [-0.3, -0.25) is 0 Å². The van der Waals surface area contributed by atoms with E-state index in [2.05, 4.69) is 25.7 Å². The van der Waals surface area contributed by atoms with E-state index in [1.807, 2.05) is 13.8 Å². The summed E-state index contributed by atoms with van der Waals surface area (Å²) in [5, 5.41) is 0. The van der Waals surface area contributed by atoms with Gasteiger partial charge in [-0.05, 0) is 39.2 Å². The van der Waals surface area contributed by atoms with Crippen molar-refractivity contribution in [3.8, 4) is 0 Å². The highest BCUT2D eigenvalue weighted by atomic mass is 15.2. The molecule has 0 aromatic heterocycles. The normalized spacial score (nSPS) is 22.3. The van der Waals surface area contributed by atoms with Gasteiger partial charge in [0, 0.05) is 12.6 Å². The second-order valence-electron chi connectivity index (χ2n) is 4.39. The number of likely N-dealkylation sites (tertiary alicyclic amines) is 1. The predicted octanol–water partition coefficient (Wildman–Crippen LogP) is 3.93. The fourth-order valence-electron chi connectivity index (χ4n) is 2.06. The van der Waals surface area contributed by atoms with Gasteiger partial charge in [-0.25, -0.2) is 0 Å². The number of nitrogens with zero attached hydrogens (tertiary/aromatic N) is 1. The molecule has 0 aromatic carbocycles. The van der Waals surface area contributed by atoms with E-state index >= 15 is 0 Å². The highest BCUT2D eigenvalue weighted by molar-refractivity contribution is 4.77. The van der Waals surface area contributed by atoms with Crippen molar-refractivity contribution < 1.29 is 0 Å². The van der Waals surface area contributed by atoms with Crippen molar-refractivity contribution in [1.29, 1.82) is 0 Å². The van der Waals surface area contributed by atoms with Crippen LogP contribution in [0.15, 0.2) is 0 Å². The topological polar surface area (TPSA) is 3.24 Å². The molecule has 1 rings (SSSR count). The van der Waals surface area contributed by atoms with Crippen molar-refractivity contribution >= 4 is 0 Å². The summed E-state index contributed by atoms with van der Waals surface area (Å²) in [7, 11) is 0. The third-order valence-corrected chi connectivity index (χ3v) is 3.01. The van der Waals surface area contributed by atoms with Gasteiger partial charge in [0.2, 0.25) is 0 Å². The highest BCUT2D eigenvalue weighted by Crippen LogP contribution is 2.22. The molecule has 0 radical (unpaired) electrons. The van der Waals surface area contributed by atoms with Gasteiger partial charge in [-0.1, -0.05) is 33.6 Å². The maximum Gasteiger partial charge on any atom is 0.00387 e. The summed E-state index contributed by atoms with van der Waals surface area (Å²) < 4.78 is 0. The Morgan fingerprint density at radius 2 is 1.93 bits per heavy atom. The Labute approximate surface area is 90.9 Å². The molecule has 1 fully saturated rings. The van der Waals surface area contributed by atoms with Crippen molar-refractivity contribution in [2.24, 2.45) is 5.92 Å². The van der Waals surface area contributed by atoms with Crippen molar-refractivity contribution in [1.82, 2.24) is 4.90 Å². The molecular formula is C13H29N. The van der Waals surface area contributed by atoms with Gasteiger partial charge in [0.1, 0.15) is 0 Å². The summed E-state index contributed by atoms with van der Waals surface area (Å²) in [5.74, 6) is 1.01. The van der Waals surface area contributed by atoms with E-state index in [1.54, 1.807) is 0 Å². The van der Waals surface area contributed by atoms with Gasteiger partial charge in [0.15, 0.2) is 0 Å². The fourth-order valence-corrected chi connectivity index (χ4v) is 2.06. The van der Waals surface area contributed by atoms with Crippen LogP contribution in [0.5, 0.6) is 0 Å². The van der Waals surface area contributed by atoms with E-state index in [0.717, 1.165) is 12.0 Å². The second kappa shape index (κ2) is 8.28. The summed E-state index contributed by atoms with van der Waals surface area (Å²) in [5.41, 5.74) is 0. The third kappa shape index (κ3) is 4.99. The standard InChI is InChI=1S/C11H23N.C2H6/c1-4-5-6-11-7-8-12(9-11)10(2)3;1-2/h10-11H,4-9H2,1-3H3;1-2H3. The molecule has 0 spiro atoms. The zero-order valence-electron chi connectivity index (χ0n) is 10.8. The van der Waals surface area contributed by atoms with Gasteiger partial charge in [0.25, 0.3) is 0 Å². The van der Waals surface area contributed by atoms with Crippen LogP contribution in [0.4, 0.5) is 0 Å². The molecule has 0 bridgehead atoms. The summed E-state index contributed by atoms with van der Waals surface area (Å²) in [4.78, 5) is 2.61. The SMILES string of the molecule is CC.CCCCC1CCN(C(C)C)C1. The van der Waals surface area contributed by atoms with Crippen LogP contribution < -0.4 is 0 Å². The van der Waals surface area contributed by atoms with E-state index in [9.17, 15) is 0 Å². The van der Waals surface area contributed by atoms with Gasteiger partial charge < -0.3 is 4.90 Å². The molecule has 1 unspecified atom stereocenters. The Balaban J connectivity index is 0.000000791. The molecule has 1 heteroatoms. The van der Waals surface area contributed by atoms with Crippen LogP contribution in [0.2, 0.25) is 0 Å². The lowest BCUT2D eigenvalue weighted by atomic mass is 10.0. The maximum absolute atomic E-state index is 2.61. The first-order valence-corrected chi connectivity index (χ1v) is 6.48. The predicted molar refractivity (Wildman–Crippen MR) is 65.7 cm³/mol. The van der Waals surface area contributed by atoms with Crippen LogP contribution in [0.1, 0.15) is 60.3 Å². The van der Waals surface area contributed by atoms with E-state index in [-0.39, 0.29) is 0 Å². The molecule has 0 N–H and O–H groups in total. The molecule has 1 nitrogen and oxygen atoms in total. The quantitative estimate of drug-likeness (QED) is 0.663. The monoisotopic (exact) mass is 199 g/mol. The summed E-state index contributed by atoms with van der Waals surface area (Å²) in [6.45, 7) is 13.6. The Kier molecular flexibility index (Phi) is 8.26. The zero-order chi connectivity index (χ0) is 11.0. The summed E-state index contributed by atoms with van der Waals surface area (Å²) >= 11 is 0. The van der Waals surface area contributed by atoms with Crippen LogP contribution in [-0.2, 0) is 0 Å². The summed E-state index contributed by atoms with van der Waals surface area (Å²) in [6, 6.07) is 0.761. The number of hydrogen-bond donors (Lipinski definition) is 0. The lowest BCUT2D eigenvalue weighted by Gasteiger charge is -2.20. The van der Waals surface area contributed by atoms with Crippen LogP contribution in [-0.4, -0.2) is 24.0 Å². The minimum absolute atomic E-state index is 0.761. The Hall–Kier alpha value is -0.0400. The van der Waals surface area contributed by atoms with E-state index in [1.165, 1.54) is 38.8 Å². The second-order valence-corrected chi connectivity index (χ2v) is 4.39. The molecule has 86 valence electrons. The third-order valence-electron chi connectivity index (χ3n) is 3.01. The molecule has 1 atom stereocenters. The average Bonchev–Trinajstić information content (AvgIpc) is 2.66. The van der Waals surface area contributed by atoms with Crippen molar-refractivity contribution in [3.63, 3.8) is 0 Å². The van der Waals surface area contributed by atoms with Crippen molar-refractivity contribution in [2.75, 3.05) is 13.1 Å². The molecule has 0 amide bonds. The first-order chi connectivity index (χ1) is 6.74. The highest BCUT2D eigenvalue weighted by Gasteiger charge is 2.23. The Morgan fingerprint density at radius 3 is 2.36 bits per heavy atom. The van der Waals surface area contributed by atoms with Crippen molar-refractivity contribution in [3.05, 3.63) is 0 Å². The molecule has 1 aliphatic rings. The molecule has 1 heterocycles. The van der Waals surface area contributed by atoms with Gasteiger partial charge in [0.05, 0.1) is 0 Å². The molecular weight excluding hydrogens is 170 g/mol. The van der Waals surface area contributed by atoms with Gasteiger partial charge in [-0.15, -0.1) is 0 Å². The molecule has 0 aliphatic carbocycles. The lowest BCUT2D eigenvalue weighted by molar-refractivity contribution is 0.262. The van der Waals surface area contributed by atoms with E-state index in [0.29, 0.717) is 0 Å². The number of unbranched alkanes of at least 4 members (excludes halogenated alkanes) is 1. The van der Waals surface area contributed by atoms with Crippen LogP contribution in [0, 0.1) is 5.92 Å². The van der Waals surface area contributed by atoms with Crippen LogP contribution >= 0.6 is 0 Å². The minimum Gasteiger partial charge on any atom is -0.301 e. The molecule has 0 saturated carbocycles. The zero-order valence-corrected chi connectivity index (χ0v) is 10.8. The first kappa shape index (κ1) is 14.0.